The topological polar surface area (TPSA) is 69.6 Å². The number of rotatable bonds is 3. The van der Waals surface area contributed by atoms with E-state index in [1.165, 1.54) is 25.7 Å². The fourth-order valence-corrected chi connectivity index (χ4v) is 3.30. The first-order valence-electron chi connectivity index (χ1n) is 7.44. The molecule has 1 unspecified atom stereocenters. The lowest BCUT2D eigenvalue weighted by molar-refractivity contribution is -0.142. The second kappa shape index (κ2) is 6.89. The third kappa shape index (κ3) is 3.93. The summed E-state index contributed by atoms with van der Waals surface area (Å²) in [4.78, 5) is 25.3. The summed E-state index contributed by atoms with van der Waals surface area (Å²) in [5, 5.41) is 11.9. The minimum atomic E-state index is -0.888. The molecule has 1 aliphatic heterocycles. The van der Waals surface area contributed by atoms with Gasteiger partial charge in [0.1, 0.15) is 0 Å². The fourth-order valence-electron chi connectivity index (χ4n) is 3.30. The maximum absolute atomic E-state index is 12.1. The summed E-state index contributed by atoms with van der Waals surface area (Å²) in [6.07, 6.45) is 7.96. The number of carbonyl (C=O) groups is 2. The summed E-state index contributed by atoms with van der Waals surface area (Å²) in [5.74, 6) is -0.996. The van der Waals surface area contributed by atoms with Gasteiger partial charge in [-0.25, -0.2) is 0 Å². The molecule has 5 nitrogen and oxygen atoms in total. The molecular weight excluding hydrogens is 244 g/mol. The molecule has 1 saturated heterocycles. The molecule has 108 valence electrons. The van der Waals surface area contributed by atoms with Crippen molar-refractivity contribution in [3.8, 4) is 0 Å². The van der Waals surface area contributed by atoms with Crippen molar-refractivity contribution in [2.75, 3.05) is 13.1 Å². The van der Waals surface area contributed by atoms with Crippen LogP contribution in [0.5, 0.6) is 0 Å². The molecule has 19 heavy (non-hydrogen) atoms. The molecular formula is C14H24N2O3. The van der Waals surface area contributed by atoms with Gasteiger partial charge >= 0.3 is 5.97 Å². The standard InChI is InChI=1S/C14H24N2O3/c17-13(18)10-12-14(19)15-8-5-9-16(12)11-6-3-1-2-4-7-11/h11-12H,1-10H2,(H,15,19)(H,17,18). The van der Waals surface area contributed by atoms with Crippen LogP contribution in [0.1, 0.15) is 51.4 Å². The Labute approximate surface area is 114 Å². The van der Waals surface area contributed by atoms with Crippen LogP contribution in [0.3, 0.4) is 0 Å². The molecule has 0 bridgehead atoms. The lowest BCUT2D eigenvalue weighted by Gasteiger charge is -2.34. The number of carboxylic acids is 1. The highest BCUT2D eigenvalue weighted by Gasteiger charge is 2.34. The number of amides is 1. The van der Waals surface area contributed by atoms with Crippen molar-refractivity contribution >= 4 is 11.9 Å². The molecule has 0 aromatic rings. The highest BCUT2D eigenvalue weighted by Crippen LogP contribution is 2.25. The molecule has 1 saturated carbocycles. The van der Waals surface area contributed by atoms with Gasteiger partial charge in [0.2, 0.25) is 5.91 Å². The Morgan fingerprint density at radius 3 is 2.53 bits per heavy atom. The number of nitrogens with zero attached hydrogens (tertiary/aromatic N) is 1. The second-order valence-electron chi connectivity index (χ2n) is 5.64. The SMILES string of the molecule is O=C(O)CC1C(=O)NCCCN1C1CCCCCC1. The molecule has 0 radical (unpaired) electrons. The van der Waals surface area contributed by atoms with E-state index in [2.05, 4.69) is 10.2 Å². The van der Waals surface area contributed by atoms with E-state index in [4.69, 9.17) is 5.11 Å². The Hall–Kier alpha value is -1.10. The molecule has 1 heterocycles. The Morgan fingerprint density at radius 2 is 1.89 bits per heavy atom. The van der Waals surface area contributed by atoms with Crippen molar-refractivity contribution in [1.29, 1.82) is 0 Å². The van der Waals surface area contributed by atoms with Crippen LogP contribution < -0.4 is 5.32 Å². The predicted octanol–water partition coefficient (Wildman–Crippen LogP) is 1.37. The van der Waals surface area contributed by atoms with E-state index in [9.17, 15) is 9.59 Å². The largest absolute Gasteiger partial charge is 0.481 e. The van der Waals surface area contributed by atoms with Crippen LogP contribution in [0.4, 0.5) is 0 Å². The van der Waals surface area contributed by atoms with Crippen molar-refractivity contribution in [1.82, 2.24) is 10.2 Å². The maximum atomic E-state index is 12.1. The van der Waals surface area contributed by atoms with Gasteiger partial charge in [-0.05, 0) is 19.3 Å². The van der Waals surface area contributed by atoms with E-state index < -0.39 is 12.0 Å². The highest BCUT2D eigenvalue weighted by molar-refractivity contribution is 5.86. The Morgan fingerprint density at radius 1 is 1.21 bits per heavy atom. The average Bonchev–Trinajstić information content (AvgIpc) is 2.72. The van der Waals surface area contributed by atoms with Crippen molar-refractivity contribution < 1.29 is 14.7 Å². The first kappa shape index (κ1) is 14.3. The molecule has 5 heteroatoms. The van der Waals surface area contributed by atoms with Crippen LogP contribution in [-0.2, 0) is 9.59 Å². The zero-order valence-corrected chi connectivity index (χ0v) is 11.4. The normalized spacial score (nSPS) is 27.4. The third-order valence-corrected chi connectivity index (χ3v) is 4.26. The summed E-state index contributed by atoms with van der Waals surface area (Å²) >= 11 is 0. The highest BCUT2D eigenvalue weighted by atomic mass is 16.4. The van der Waals surface area contributed by atoms with Crippen LogP contribution >= 0.6 is 0 Å². The first-order chi connectivity index (χ1) is 9.18. The van der Waals surface area contributed by atoms with Crippen molar-refractivity contribution in [3.63, 3.8) is 0 Å². The van der Waals surface area contributed by atoms with Gasteiger partial charge in [-0.1, -0.05) is 25.7 Å². The van der Waals surface area contributed by atoms with E-state index in [-0.39, 0.29) is 12.3 Å². The van der Waals surface area contributed by atoms with Gasteiger partial charge in [-0.3, -0.25) is 14.5 Å². The summed E-state index contributed by atoms with van der Waals surface area (Å²) < 4.78 is 0. The molecule has 0 aromatic carbocycles. The molecule has 1 amide bonds. The quantitative estimate of drug-likeness (QED) is 0.759. The summed E-state index contributed by atoms with van der Waals surface area (Å²) in [6.45, 7) is 1.50. The van der Waals surface area contributed by atoms with Crippen molar-refractivity contribution in [2.24, 2.45) is 0 Å². The molecule has 2 rings (SSSR count). The third-order valence-electron chi connectivity index (χ3n) is 4.26. The molecule has 0 aromatic heterocycles. The molecule has 2 aliphatic rings. The smallest absolute Gasteiger partial charge is 0.305 e. The lowest BCUT2D eigenvalue weighted by atomic mass is 10.0. The molecule has 0 spiro atoms. The van der Waals surface area contributed by atoms with Gasteiger partial charge in [0.25, 0.3) is 0 Å². The Balaban J connectivity index is 2.11. The van der Waals surface area contributed by atoms with Crippen LogP contribution in [0, 0.1) is 0 Å². The van der Waals surface area contributed by atoms with E-state index in [1.54, 1.807) is 0 Å². The van der Waals surface area contributed by atoms with Crippen molar-refractivity contribution in [2.45, 2.75) is 63.5 Å². The van der Waals surface area contributed by atoms with Gasteiger partial charge in [-0.2, -0.15) is 0 Å². The summed E-state index contributed by atoms with van der Waals surface area (Å²) in [5.41, 5.74) is 0. The van der Waals surface area contributed by atoms with Gasteiger partial charge in [-0.15, -0.1) is 0 Å². The van der Waals surface area contributed by atoms with Crippen LogP contribution in [0.2, 0.25) is 0 Å². The number of aliphatic carboxylic acids is 1. The predicted molar refractivity (Wildman–Crippen MR) is 71.9 cm³/mol. The Bertz CT molecular complexity index is 325. The first-order valence-corrected chi connectivity index (χ1v) is 7.44. The van der Waals surface area contributed by atoms with Crippen LogP contribution in [-0.4, -0.2) is 47.1 Å². The number of carbonyl (C=O) groups excluding carboxylic acids is 1. The number of hydrogen-bond acceptors (Lipinski definition) is 3. The van der Waals surface area contributed by atoms with Gasteiger partial charge in [0, 0.05) is 19.1 Å². The number of nitrogens with one attached hydrogen (secondary N) is 1. The van der Waals surface area contributed by atoms with E-state index in [0.717, 1.165) is 25.8 Å². The number of hydrogen-bond donors (Lipinski definition) is 2. The Kier molecular flexibility index (Phi) is 5.19. The summed E-state index contributed by atoms with van der Waals surface area (Å²) in [7, 11) is 0. The zero-order valence-electron chi connectivity index (χ0n) is 11.4. The minimum Gasteiger partial charge on any atom is -0.481 e. The van der Waals surface area contributed by atoms with Gasteiger partial charge in [0.15, 0.2) is 0 Å². The van der Waals surface area contributed by atoms with Gasteiger partial charge < -0.3 is 10.4 Å². The summed E-state index contributed by atoms with van der Waals surface area (Å²) in [6, 6.07) is -0.0983. The maximum Gasteiger partial charge on any atom is 0.305 e. The zero-order chi connectivity index (χ0) is 13.7. The van der Waals surface area contributed by atoms with Gasteiger partial charge in [0.05, 0.1) is 12.5 Å². The lowest BCUT2D eigenvalue weighted by Crippen LogP contribution is -2.50. The van der Waals surface area contributed by atoms with Crippen LogP contribution in [0.25, 0.3) is 0 Å². The van der Waals surface area contributed by atoms with E-state index in [1.807, 2.05) is 0 Å². The van der Waals surface area contributed by atoms with E-state index in [0.29, 0.717) is 12.6 Å². The number of carboxylic acid groups (broad SMARTS) is 1. The minimum absolute atomic E-state index is 0.0810. The van der Waals surface area contributed by atoms with Crippen molar-refractivity contribution in [3.05, 3.63) is 0 Å². The molecule has 2 fully saturated rings. The molecule has 1 atom stereocenters. The second-order valence-corrected chi connectivity index (χ2v) is 5.64. The fraction of sp³-hybridized carbons (Fsp3) is 0.857. The van der Waals surface area contributed by atoms with E-state index >= 15 is 0 Å². The molecule has 2 N–H and O–H groups in total. The van der Waals surface area contributed by atoms with Crippen LogP contribution in [0.15, 0.2) is 0 Å². The monoisotopic (exact) mass is 268 g/mol. The molecule has 1 aliphatic carbocycles. The average molecular weight is 268 g/mol.